The predicted octanol–water partition coefficient (Wildman–Crippen LogP) is 5.39. The van der Waals surface area contributed by atoms with Gasteiger partial charge in [0.25, 0.3) is 0 Å². The third kappa shape index (κ3) is 5.19. The molecule has 202 valence electrons. The van der Waals surface area contributed by atoms with Crippen LogP contribution in [0.4, 0.5) is 0 Å². The summed E-state index contributed by atoms with van der Waals surface area (Å²) in [5.74, 6) is 0.153. The molecule has 1 atom stereocenters. The minimum Gasteiger partial charge on any atom is -0.487 e. The number of aromatic nitrogens is 2. The van der Waals surface area contributed by atoms with Crippen LogP contribution >= 0.6 is 23.2 Å². The predicted molar refractivity (Wildman–Crippen MR) is 151 cm³/mol. The van der Waals surface area contributed by atoms with Crippen molar-refractivity contribution in [2.75, 3.05) is 13.6 Å². The number of carbonyl (C=O) groups excluding carboxylic acids is 1. The van der Waals surface area contributed by atoms with E-state index in [1.807, 2.05) is 37.3 Å². The molecule has 2 aromatic carbocycles. The molecule has 0 unspecified atom stereocenters. The summed E-state index contributed by atoms with van der Waals surface area (Å²) in [5.41, 5.74) is 3.79. The summed E-state index contributed by atoms with van der Waals surface area (Å²) in [6.45, 7) is 2.05. The number of carbonyl (C=O) groups is 1. The summed E-state index contributed by atoms with van der Waals surface area (Å²) in [7, 11) is -2.58. The Hall–Kier alpha value is -3.24. The number of halogens is 2. The summed E-state index contributed by atoms with van der Waals surface area (Å²) in [5, 5.41) is 3.67. The zero-order valence-corrected chi connectivity index (χ0v) is 23.6. The second kappa shape index (κ2) is 11.1. The molecule has 4 aromatic rings. The molecule has 1 N–H and O–H groups in total. The lowest BCUT2D eigenvalue weighted by molar-refractivity contribution is -0.123. The Labute approximate surface area is 237 Å². The molecule has 5 rings (SSSR count). The number of fused-ring (bicyclic) bond motifs is 1. The number of amides is 1. The van der Waals surface area contributed by atoms with Crippen LogP contribution in [0, 0.1) is 6.92 Å². The van der Waals surface area contributed by atoms with Crippen molar-refractivity contribution in [1.29, 1.82) is 0 Å². The van der Waals surface area contributed by atoms with Gasteiger partial charge in [0.1, 0.15) is 28.8 Å². The first-order chi connectivity index (χ1) is 18.7. The van der Waals surface area contributed by atoms with Gasteiger partial charge in [0.15, 0.2) is 0 Å². The van der Waals surface area contributed by atoms with Crippen LogP contribution in [0.15, 0.2) is 65.8 Å². The minimum atomic E-state index is -4.06. The van der Waals surface area contributed by atoms with E-state index in [0.717, 1.165) is 22.2 Å². The second-order valence-electron chi connectivity index (χ2n) is 9.21. The molecule has 8 nitrogen and oxygen atoms in total. The second-order valence-corrected chi connectivity index (χ2v) is 11.9. The van der Waals surface area contributed by atoms with Crippen LogP contribution < -0.4 is 10.1 Å². The monoisotopic (exact) mass is 584 g/mol. The van der Waals surface area contributed by atoms with Crippen molar-refractivity contribution in [2.24, 2.45) is 0 Å². The van der Waals surface area contributed by atoms with Crippen LogP contribution in [-0.2, 0) is 21.4 Å². The van der Waals surface area contributed by atoms with Gasteiger partial charge in [-0.3, -0.25) is 9.78 Å². The third-order valence-electron chi connectivity index (χ3n) is 6.78. The van der Waals surface area contributed by atoms with Gasteiger partial charge >= 0.3 is 0 Å². The van der Waals surface area contributed by atoms with Gasteiger partial charge in [0.05, 0.1) is 5.02 Å². The standard InChI is InChI=1S/C28H26Cl2N4O4S/c1-17-15-20(18-10-12-32-13-11-18)19-5-3-7-24(27(19)33-17)38-16-21-22(29)8-9-25(26(21)30)39(36,37)34-14-4-6-23(34)28(35)31-2/h3,5,7-13,15,23H,4,6,14,16H2,1-2H3,(H,31,35)/t23-/m0/s1. The average Bonchev–Trinajstić information content (AvgIpc) is 3.44. The molecule has 1 saturated heterocycles. The molecule has 1 aliphatic heterocycles. The zero-order chi connectivity index (χ0) is 27.7. The van der Waals surface area contributed by atoms with E-state index in [4.69, 9.17) is 32.9 Å². The molecule has 1 amide bonds. The van der Waals surface area contributed by atoms with Crippen LogP contribution in [0.2, 0.25) is 10.0 Å². The number of hydrogen-bond donors (Lipinski definition) is 1. The van der Waals surface area contributed by atoms with E-state index in [9.17, 15) is 13.2 Å². The van der Waals surface area contributed by atoms with E-state index < -0.39 is 16.1 Å². The van der Waals surface area contributed by atoms with Gasteiger partial charge in [0, 0.05) is 47.7 Å². The SMILES string of the molecule is CNC(=O)[C@@H]1CCCN1S(=O)(=O)c1ccc(Cl)c(COc2cccc3c(-c4ccncc4)cc(C)nc23)c1Cl. The van der Waals surface area contributed by atoms with Crippen LogP contribution in [-0.4, -0.2) is 48.2 Å². The molecule has 0 aliphatic carbocycles. The van der Waals surface area contributed by atoms with E-state index in [-0.39, 0.29) is 34.0 Å². The van der Waals surface area contributed by atoms with Gasteiger partial charge in [0.2, 0.25) is 15.9 Å². The van der Waals surface area contributed by atoms with Crippen LogP contribution in [0.1, 0.15) is 24.1 Å². The Morgan fingerprint density at radius 1 is 1.15 bits per heavy atom. The molecule has 1 fully saturated rings. The Morgan fingerprint density at radius 3 is 2.67 bits per heavy atom. The Kier molecular flexibility index (Phi) is 7.77. The molecule has 11 heteroatoms. The van der Waals surface area contributed by atoms with Gasteiger partial charge in [-0.1, -0.05) is 35.3 Å². The van der Waals surface area contributed by atoms with Crippen molar-refractivity contribution < 1.29 is 17.9 Å². The highest BCUT2D eigenvalue weighted by atomic mass is 35.5. The minimum absolute atomic E-state index is 0.0353. The van der Waals surface area contributed by atoms with Crippen molar-refractivity contribution in [1.82, 2.24) is 19.6 Å². The van der Waals surface area contributed by atoms with Crippen LogP contribution in [0.25, 0.3) is 22.0 Å². The number of benzene rings is 2. The topological polar surface area (TPSA) is 101 Å². The summed E-state index contributed by atoms with van der Waals surface area (Å²) >= 11 is 13.1. The molecule has 0 saturated carbocycles. The van der Waals surface area contributed by atoms with E-state index >= 15 is 0 Å². The first kappa shape index (κ1) is 27.3. The number of nitrogens with one attached hydrogen (secondary N) is 1. The third-order valence-corrected chi connectivity index (χ3v) is 9.63. The van der Waals surface area contributed by atoms with Gasteiger partial charge in [-0.2, -0.15) is 4.31 Å². The van der Waals surface area contributed by atoms with Crippen LogP contribution in [0.5, 0.6) is 5.75 Å². The molecule has 1 aliphatic rings. The van der Waals surface area contributed by atoms with Crippen molar-refractivity contribution in [3.63, 3.8) is 0 Å². The lowest BCUT2D eigenvalue weighted by atomic mass is 10.0. The molecular weight excluding hydrogens is 559 g/mol. The van der Waals surface area contributed by atoms with Crippen molar-refractivity contribution in [2.45, 2.75) is 37.3 Å². The van der Waals surface area contributed by atoms with Gasteiger partial charge in [-0.25, -0.2) is 13.4 Å². The van der Waals surface area contributed by atoms with E-state index in [1.165, 1.54) is 23.5 Å². The lowest BCUT2D eigenvalue weighted by Gasteiger charge is -2.24. The number of pyridine rings is 2. The number of likely N-dealkylation sites (N-methyl/N-ethyl adjacent to an activating group) is 1. The fourth-order valence-corrected chi connectivity index (χ4v) is 7.40. The largest absolute Gasteiger partial charge is 0.487 e. The maximum absolute atomic E-state index is 13.6. The number of sulfonamides is 1. The van der Waals surface area contributed by atoms with Gasteiger partial charge in [-0.05, 0) is 67.3 Å². The molecule has 2 aromatic heterocycles. The van der Waals surface area contributed by atoms with E-state index in [0.29, 0.717) is 29.7 Å². The van der Waals surface area contributed by atoms with E-state index in [2.05, 4.69) is 10.3 Å². The normalized spacial score (nSPS) is 15.9. The maximum atomic E-state index is 13.6. The fourth-order valence-electron chi connectivity index (χ4n) is 4.88. The van der Waals surface area contributed by atoms with Crippen molar-refractivity contribution in [3.05, 3.63) is 82.2 Å². The molecule has 39 heavy (non-hydrogen) atoms. The highest BCUT2D eigenvalue weighted by molar-refractivity contribution is 7.89. The summed E-state index contributed by atoms with van der Waals surface area (Å²) in [6.07, 6.45) is 4.49. The number of rotatable bonds is 7. The van der Waals surface area contributed by atoms with E-state index in [1.54, 1.807) is 18.5 Å². The molecule has 0 bridgehead atoms. The number of aryl methyl sites for hydroxylation is 1. The number of hydrogen-bond acceptors (Lipinski definition) is 6. The first-order valence-electron chi connectivity index (χ1n) is 12.4. The summed E-state index contributed by atoms with van der Waals surface area (Å²) in [6, 6.07) is 13.6. The Bertz CT molecular complexity index is 1670. The van der Waals surface area contributed by atoms with Gasteiger partial charge in [-0.15, -0.1) is 0 Å². The summed E-state index contributed by atoms with van der Waals surface area (Å²) < 4.78 is 34.5. The van der Waals surface area contributed by atoms with Crippen molar-refractivity contribution in [3.8, 4) is 16.9 Å². The lowest BCUT2D eigenvalue weighted by Crippen LogP contribution is -2.44. The Balaban J connectivity index is 1.49. The summed E-state index contributed by atoms with van der Waals surface area (Å²) in [4.78, 5) is 21.0. The Morgan fingerprint density at radius 2 is 1.92 bits per heavy atom. The highest BCUT2D eigenvalue weighted by Gasteiger charge is 2.40. The number of para-hydroxylation sites is 1. The van der Waals surface area contributed by atoms with Crippen molar-refractivity contribution >= 4 is 50.0 Å². The van der Waals surface area contributed by atoms with Crippen LogP contribution in [0.3, 0.4) is 0 Å². The van der Waals surface area contributed by atoms with Gasteiger partial charge < -0.3 is 10.1 Å². The average molecular weight is 586 g/mol. The quantitative estimate of drug-likeness (QED) is 0.312. The first-order valence-corrected chi connectivity index (χ1v) is 14.6. The zero-order valence-electron chi connectivity index (χ0n) is 21.3. The number of nitrogens with zero attached hydrogens (tertiary/aromatic N) is 3. The highest BCUT2D eigenvalue weighted by Crippen LogP contribution is 2.37. The fraction of sp³-hybridized carbons (Fsp3) is 0.250. The molecule has 3 heterocycles. The smallest absolute Gasteiger partial charge is 0.245 e. The maximum Gasteiger partial charge on any atom is 0.245 e. The molecule has 0 radical (unpaired) electrons. The number of ether oxygens (including phenoxy) is 1. The molecular formula is C28H26Cl2N4O4S. The molecule has 0 spiro atoms.